The van der Waals surface area contributed by atoms with Crippen molar-refractivity contribution < 1.29 is 0 Å². The van der Waals surface area contributed by atoms with Crippen molar-refractivity contribution in [1.29, 1.82) is 0 Å². The molecule has 0 bridgehead atoms. The van der Waals surface area contributed by atoms with Crippen molar-refractivity contribution in [2.24, 2.45) is 5.92 Å². The first-order chi connectivity index (χ1) is 9.28. The third-order valence-electron chi connectivity index (χ3n) is 3.88. The molecule has 3 nitrogen and oxygen atoms in total. The molecule has 1 aromatic heterocycles. The van der Waals surface area contributed by atoms with Gasteiger partial charge in [0.1, 0.15) is 0 Å². The van der Waals surface area contributed by atoms with Crippen molar-refractivity contribution in [2.75, 3.05) is 26.2 Å². The number of likely N-dealkylation sites (tertiary alicyclic amines) is 1. The van der Waals surface area contributed by atoms with E-state index < -0.39 is 0 Å². The Morgan fingerprint density at radius 1 is 1.32 bits per heavy atom. The predicted molar refractivity (Wildman–Crippen MR) is 81.3 cm³/mol. The molecule has 1 aliphatic heterocycles. The zero-order chi connectivity index (χ0) is 13.5. The standard InChI is InChI=1S/C16H29N3/c1-3-7-18-10-6-16(14-18)12-17-11-15(2)13-19-8-4-5-9-19/h6,10,14-15,17H,3-5,7-9,11-13H2,1-2H3. The minimum absolute atomic E-state index is 0.746. The van der Waals surface area contributed by atoms with Gasteiger partial charge in [0.15, 0.2) is 0 Å². The summed E-state index contributed by atoms with van der Waals surface area (Å²) < 4.78 is 2.28. The number of aryl methyl sites for hydroxylation is 1. The van der Waals surface area contributed by atoms with Crippen molar-refractivity contribution in [2.45, 2.75) is 46.2 Å². The maximum Gasteiger partial charge on any atom is 0.0220 e. The summed E-state index contributed by atoms with van der Waals surface area (Å²) in [7, 11) is 0. The molecule has 1 fully saturated rings. The van der Waals surface area contributed by atoms with Gasteiger partial charge in [0.2, 0.25) is 0 Å². The van der Waals surface area contributed by atoms with Crippen LogP contribution in [0.3, 0.4) is 0 Å². The summed E-state index contributed by atoms with van der Waals surface area (Å²) in [5.41, 5.74) is 1.40. The summed E-state index contributed by atoms with van der Waals surface area (Å²) in [6.07, 6.45) is 8.44. The van der Waals surface area contributed by atoms with Crippen LogP contribution in [-0.2, 0) is 13.1 Å². The van der Waals surface area contributed by atoms with Gasteiger partial charge in [-0.15, -0.1) is 0 Å². The SMILES string of the molecule is CCCn1ccc(CNCC(C)CN2CCCC2)c1. The van der Waals surface area contributed by atoms with Crippen LogP contribution in [0.25, 0.3) is 0 Å². The molecule has 0 radical (unpaired) electrons. The molecule has 0 aliphatic carbocycles. The summed E-state index contributed by atoms with van der Waals surface area (Å²) in [5.74, 6) is 0.746. The highest BCUT2D eigenvalue weighted by atomic mass is 15.1. The Labute approximate surface area is 118 Å². The third kappa shape index (κ3) is 5.00. The quantitative estimate of drug-likeness (QED) is 0.778. The zero-order valence-corrected chi connectivity index (χ0v) is 12.6. The van der Waals surface area contributed by atoms with Gasteiger partial charge < -0.3 is 14.8 Å². The largest absolute Gasteiger partial charge is 0.354 e. The van der Waals surface area contributed by atoms with Crippen LogP contribution in [0.15, 0.2) is 18.5 Å². The maximum atomic E-state index is 3.59. The summed E-state index contributed by atoms with van der Waals surface area (Å²) in [6, 6.07) is 2.23. The van der Waals surface area contributed by atoms with Gasteiger partial charge in [0.25, 0.3) is 0 Å². The van der Waals surface area contributed by atoms with Gasteiger partial charge in [-0.25, -0.2) is 0 Å². The minimum atomic E-state index is 0.746. The van der Waals surface area contributed by atoms with Crippen LogP contribution in [0.5, 0.6) is 0 Å². The van der Waals surface area contributed by atoms with Gasteiger partial charge in [0, 0.05) is 32.0 Å². The molecule has 2 heterocycles. The lowest BCUT2D eigenvalue weighted by Gasteiger charge is -2.20. The monoisotopic (exact) mass is 263 g/mol. The van der Waals surface area contributed by atoms with E-state index in [0.29, 0.717) is 0 Å². The average molecular weight is 263 g/mol. The van der Waals surface area contributed by atoms with Gasteiger partial charge >= 0.3 is 0 Å². The van der Waals surface area contributed by atoms with E-state index in [0.717, 1.165) is 25.6 Å². The Morgan fingerprint density at radius 3 is 2.84 bits per heavy atom. The van der Waals surface area contributed by atoms with Crippen LogP contribution < -0.4 is 5.32 Å². The molecule has 1 atom stereocenters. The Bertz CT molecular complexity index is 353. The first kappa shape index (κ1) is 14.6. The Hall–Kier alpha value is -0.800. The third-order valence-corrected chi connectivity index (χ3v) is 3.88. The molecule has 1 N–H and O–H groups in total. The van der Waals surface area contributed by atoms with E-state index in [-0.39, 0.29) is 0 Å². The van der Waals surface area contributed by atoms with Crippen LogP contribution >= 0.6 is 0 Å². The fraction of sp³-hybridized carbons (Fsp3) is 0.750. The molecule has 0 saturated carbocycles. The van der Waals surface area contributed by atoms with E-state index in [9.17, 15) is 0 Å². The minimum Gasteiger partial charge on any atom is -0.354 e. The second-order valence-electron chi connectivity index (χ2n) is 6.00. The highest BCUT2D eigenvalue weighted by Gasteiger charge is 2.14. The second kappa shape index (κ2) is 7.71. The van der Waals surface area contributed by atoms with Gasteiger partial charge in [-0.1, -0.05) is 13.8 Å². The molecule has 1 aromatic rings. The fourth-order valence-electron chi connectivity index (χ4n) is 2.93. The van der Waals surface area contributed by atoms with Crippen LogP contribution in [0, 0.1) is 5.92 Å². The van der Waals surface area contributed by atoms with Crippen molar-refractivity contribution in [1.82, 2.24) is 14.8 Å². The number of aromatic nitrogens is 1. The smallest absolute Gasteiger partial charge is 0.0220 e. The molecule has 2 rings (SSSR count). The maximum absolute atomic E-state index is 3.59. The number of nitrogens with one attached hydrogen (secondary N) is 1. The van der Waals surface area contributed by atoms with Crippen molar-refractivity contribution in [3.05, 3.63) is 24.0 Å². The molecule has 0 aromatic carbocycles. The van der Waals surface area contributed by atoms with E-state index in [1.54, 1.807) is 0 Å². The van der Waals surface area contributed by atoms with Crippen LogP contribution in [0.2, 0.25) is 0 Å². The van der Waals surface area contributed by atoms with Crippen molar-refractivity contribution in [3.8, 4) is 0 Å². The lowest BCUT2D eigenvalue weighted by molar-refractivity contribution is 0.282. The molecule has 19 heavy (non-hydrogen) atoms. The van der Waals surface area contributed by atoms with Crippen molar-refractivity contribution in [3.63, 3.8) is 0 Å². The van der Waals surface area contributed by atoms with Crippen LogP contribution in [0.4, 0.5) is 0 Å². The Morgan fingerprint density at radius 2 is 2.11 bits per heavy atom. The van der Waals surface area contributed by atoms with Gasteiger partial charge in [0.05, 0.1) is 0 Å². The van der Waals surface area contributed by atoms with Gasteiger partial charge in [-0.3, -0.25) is 0 Å². The van der Waals surface area contributed by atoms with Gasteiger partial charge in [-0.2, -0.15) is 0 Å². The topological polar surface area (TPSA) is 20.2 Å². The molecule has 108 valence electrons. The highest BCUT2D eigenvalue weighted by Crippen LogP contribution is 2.10. The normalized spacial score (nSPS) is 18.0. The van der Waals surface area contributed by atoms with E-state index in [2.05, 4.69) is 47.1 Å². The molecule has 1 unspecified atom stereocenters. The molecular formula is C16H29N3. The molecule has 0 spiro atoms. The first-order valence-corrected chi connectivity index (χ1v) is 7.85. The van der Waals surface area contributed by atoms with Crippen LogP contribution in [-0.4, -0.2) is 35.6 Å². The van der Waals surface area contributed by atoms with Gasteiger partial charge in [-0.05, 0) is 56.4 Å². The number of rotatable bonds is 8. The lowest BCUT2D eigenvalue weighted by Crippen LogP contribution is -2.31. The Balaban J connectivity index is 1.61. The predicted octanol–water partition coefficient (Wildman–Crippen LogP) is 2.72. The number of hydrogen-bond donors (Lipinski definition) is 1. The molecular weight excluding hydrogens is 234 g/mol. The average Bonchev–Trinajstić information content (AvgIpc) is 3.02. The second-order valence-corrected chi connectivity index (χ2v) is 6.00. The summed E-state index contributed by atoms with van der Waals surface area (Å²) >= 11 is 0. The summed E-state index contributed by atoms with van der Waals surface area (Å²) in [4.78, 5) is 2.60. The molecule has 0 amide bonds. The van der Waals surface area contributed by atoms with Crippen molar-refractivity contribution >= 4 is 0 Å². The van der Waals surface area contributed by atoms with Crippen LogP contribution in [0.1, 0.15) is 38.7 Å². The summed E-state index contributed by atoms with van der Waals surface area (Å²) in [6.45, 7) is 11.7. The first-order valence-electron chi connectivity index (χ1n) is 7.85. The highest BCUT2D eigenvalue weighted by molar-refractivity contribution is 5.09. The molecule has 1 saturated heterocycles. The molecule has 3 heteroatoms. The number of hydrogen-bond acceptors (Lipinski definition) is 2. The van der Waals surface area contributed by atoms with E-state index >= 15 is 0 Å². The zero-order valence-electron chi connectivity index (χ0n) is 12.6. The van der Waals surface area contributed by atoms with E-state index in [4.69, 9.17) is 0 Å². The summed E-state index contributed by atoms with van der Waals surface area (Å²) in [5, 5.41) is 3.59. The van der Waals surface area contributed by atoms with E-state index in [1.807, 2.05) is 0 Å². The molecule has 1 aliphatic rings. The van der Waals surface area contributed by atoms with E-state index in [1.165, 1.54) is 44.5 Å². The lowest BCUT2D eigenvalue weighted by atomic mass is 10.1. The Kier molecular flexibility index (Phi) is 5.93. The fourth-order valence-corrected chi connectivity index (χ4v) is 2.93. The number of nitrogens with zero attached hydrogens (tertiary/aromatic N) is 2.